The first-order valence-electron chi connectivity index (χ1n) is 14.2. The van der Waals surface area contributed by atoms with Crippen molar-refractivity contribution in [2.75, 3.05) is 13.2 Å². The highest BCUT2D eigenvalue weighted by atomic mass is 32.2. The Hall–Kier alpha value is -3.97. The molecule has 0 bridgehead atoms. The van der Waals surface area contributed by atoms with Crippen LogP contribution >= 0.6 is 11.8 Å². The van der Waals surface area contributed by atoms with Crippen molar-refractivity contribution in [2.24, 2.45) is 0 Å². The van der Waals surface area contributed by atoms with E-state index in [9.17, 15) is 38.4 Å². The zero-order valence-electron chi connectivity index (χ0n) is 26.9. The van der Waals surface area contributed by atoms with E-state index in [1.54, 1.807) is 0 Å². The summed E-state index contributed by atoms with van der Waals surface area (Å²) in [6.45, 7) is 7.50. The van der Waals surface area contributed by atoms with Crippen LogP contribution in [0.15, 0.2) is 0 Å². The molecule has 0 spiro atoms. The number of esters is 8. The summed E-state index contributed by atoms with van der Waals surface area (Å²) in [5.41, 5.74) is -2.84. The molecule has 0 aromatic rings. The molecular formula is C28H38O18S. The van der Waals surface area contributed by atoms with Crippen LogP contribution in [0.25, 0.3) is 0 Å². The number of hydrogen-bond donors (Lipinski definition) is 0. The van der Waals surface area contributed by atoms with E-state index in [1.807, 2.05) is 0 Å². The molecule has 0 N–H and O–H groups in total. The minimum Gasteiger partial charge on any atom is -0.463 e. The van der Waals surface area contributed by atoms with Crippen LogP contribution in [-0.4, -0.2) is 121 Å². The first-order valence-corrected chi connectivity index (χ1v) is 15.1. The topological polar surface area (TPSA) is 229 Å². The van der Waals surface area contributed by atoms with E-state index < -0.39 is 121 Å². The van der Waals surface area contributed by atoms with Crippen LogP contribution in [0.1, 0.15) is 55.4 Å². The maximum atomic E-state index is 12.3. The van der Waals surface area contributed by atoms with Gasteiger partial charge in [0.15, 0.2) is 36.6 Å². The lowest BCUT2D eigenvalue weighted by atomic mass is 9.99. The zero-order chi connectivity index (χ0) is 35.6. The second-order valence-electron chi connectivity index (χ2n) is 10.3. The van der Waals surface area contributed by atoms with Crippen molar-refractivity contribution in [1.82, 2.24) is 0 Å². The van der Waals surface area contributed by atoms with Crippen molar-refractivity contribution in [1.29, 1.82) is 0 Å². The van der Waals surface area contributed by atoms with Crippen molar-refractivity contribution in [3.63, 3.8) is 0 Å². The molecule has 2 aliphatic rings. The molecule has 0 saturated carbocycles. The standard InChI is InChI=1S/C28H38O18S/c1-11(29)37-9-19-21(39-13(3)31)23(41-15(5)33)25(43-17(7)35)27(45-19)47-28-26(44-18(8)36)24(42-16(6)34)22(40-14(4)32)20(46-28)10-38-12(2)30/h19-28H,9-10H2,1-8H3/t19-,20-,21+,22+,23+,24+,25-,26-,27+,28+/m1/s1. The minimum atomic E-state index is -1.54. The fraction of sp³-hybridized carbons (Fsp3) is 0.714. The molecule has 0 radical (unpaired) electrons. The molecule has 2 heterocycles. The fourth-order valence-corrected chi connectivity index (χ4v) is 6.14. The van der Waals surface area contributed by atoms with Gasteiger partial charge in [-0.3, -0.25) is 38.4 Å². The summed E-state index contributed by atoms with van der Waals surface area (Å²) < 4.78 is 55.0. The van der Waals surface area contributed by atoms with Gasteiger partial charge in [0.25, 0.3) is 0 Å². The third kappa shape index (κ3) is 12.3. The molecule has 2 fully saturated rings. The van der Waals surface area contributed by atoms with Crippen LogP contribution in [0, 0.1) is 0 Å². The summed E-state index contributed by atoms with van der Waals surface area (Å²) in [7, 11) is 0. The summed E-state index contributed by atoms with van der Waals surface area (Å²) in [5.74, 6) is -6.62. The van der Waals surface area contributed by atoms with E-state index in [0.29, 0.717) is 11.8 Å². The van der Waals surface area contributed by atoms with Crippen LogP contribution in [0.2, 0.25) is 0 Å². The smallest absolute Gasteiger partial charge is 0.303 e. The van der Waals surface area contributed by atoms with E-state index in [4.69, 9.17) is 47.4 Å². The molecule has 0 aliphatic carbocycles. The summed E-state index contributed by atoms with van der Waals surface area (Å²) in [4.78, 5) is 96.4. The van der Waals surface area contributed by atoms with Crippen LogP contribution in [0.3, 0.4) is 0 Å². The lowest BCUT2D eigenvalue weighted by Crippen LogP contribution is -2.64. The highest BCUT2D eigenvalue weighted by Gasteiger charge is 2.57. The minimum absolute atomic E-state index is 0.520. The van der Waals surface area contributed by atoms with Crippen LogP contribution in [0.5, 0.6) is 0 Å². The van der Waals surface area contributed by atoms with Crippen LogP contribution in [0.4, 0.5) is 0 Å². The van der Waals surface area contributed by atoms with Crippen LogP contribution < -0.4 is 0 Å². The Labute approximate surface area is 273 Å². The molecule has 264 valence electrons. The maximum absolute atomic E-state index is 12.3. The molecule has 10 atom stereocenters. The van der Waals surface area contributed by atoms with E-state index in [-0.39, 0.29) is 0 Å². The summed E-state index contributed by atoms with van der Waals surface area (Å²) in [6, 6.07) is 0. The largest absolute Gasteiger partial charge is 0.463 e. The van der Waals surface area contributed by atoms with Gasteiger partial charge in [0, 0.05) is 55.4 Å². The lowest BCUT2D eigenvalue weighted by Gasteiger charge is -2.47. The first-order chi connectivity index (χ1) is 21.9. The highest BCUT2D eigenvalue weighted by molar-refractivity contribution is 8.00. The highest BCUT2D eigenvalue weighted by Crippen LogP contribution is 2.41. The number of rotatable bonds is 12. The maximum Gasteiger partial charge on any atom is 0.303 e. The Morgan fingerprint density at radius 1 is 0.404 bits per heavy atom. The fourth-order valence-electron chi connectivity index (χ4n) is 4.73. The molecule has 0 aromatic heterocycles. The van der Waals surface area contributed by atoms with Gasteiger partial charge >= 0.3 is 47.8 Å². The zero-order valence-corrected chi connectivity index (χ0v) is 27.8. The summed E-state index contributed by atoms with van der Waals surface area (Å²) in [6.07, 6.45) is -11.7. The second kappa shape index (κ2) is 17.8. The monoisotopic (exact) mass is 694 g/mol. The molecule has 0 amide bonds. The molecule has 0 unspecified atom stereocenters. The number of ether oxygens (including phenoxy) is 10. The van der Waals surface area contributed by atoms with Crippen molar-refractivity contribution in [2.45, 2.75) is 115 Å². The molecular weight excluding hydrogens is 656 g/mol. The Bertz CT molecular complexity index is 1110. The first kappa shape index (κ1) is 39.2. The third-order valence-corrected chi connectivity index (χ3v) is 7.46. The van der Waals surface area contributed by atoms with Gasteiger partial charge in [-0.2, -0.15) is 0 Å². The SMILES string of the molecule is CC(=O)OC[C@H]1O[C@@H](S[C@@H]2O[C@H](COC(C)=O)[C@H](OC(C)=O)[C@H](OC(C)=O)[C@H]2OC(C)=O)[C@H](OC(C)=O)[C@@H](OC(C)=O)[C@H]1OC(C)=O. The number of carbonyl (C=O) groups is 8. The van der Waals surface area contributed by atoms with Crippen LogP contribution in [-0.2, 0) is 85.7 Å². The number of carbonyl (C=O) groups excluding carboxylic acids is 8. The molecule has 18 nitrogen and oxygen atoms in total. The predicted octanol–water partition coefficient (Wildman–Crippen LogP) is -0.114. The molecule has 19 heteroatoms. The van der Waals surface area contributed by atoms with Gasteiger partial charge < -0.3 is 47.4 Å². The molecule has 2 saturated heterocycles. The van der Waals surface area contributed by atoms with Gasteiger partial charge in [-0.05, 0) is 0 Å². The molecule has 2 rings (SSSR count). The normalized spacial score (nSPS) is 30.0. The van der Waals surface area contributed by atoms with Gasteiger partial charge in [-0.1, -0.05) is 11.8 Å². The Balaban J connectivity index is 2.69. The third-order valence-electron chi connectivity index (χ3n) is 6.16. The van der Waals surface area contributed by atoms with E-state index in [1.165, 1.54) is 0 Å². The second-order valence-corrected chi connectivity index (χ2v) is 11.5. The predicted molar refractivity (Wildman–Crippen MR) is 152 cm³/mol. The Morgan fingerprint density at radius 3 is 0.915 bits per heavy atom. The van der Waals surface area contributed by atoms with Crippen molar-refractivity contribution >= 4 is 59.5 Å². The van der Waals surface area contributed by atoms with E-state index in [2.05, 4.69) is 0 Å². The Kier molecular flexibility index (Phi) is 14.9. The quantitative estimate of drug-likeness (QED) is 0.192. The van der Waals surface area contributed by atoms with Gasteiger partial charge in [-0.25, -0.2) is 0 Å². The molecule has 2 aliphatic heterocycles. The van der Waals surface area contributed by atoms with Crippen molar-refractivity contribution < 1.29 is 85.7 Å². The van der Waals surface area contributed by atoms with E-state index >= 15 is 0 Å². The lowest BCUT2D eigenvalue weighted by molar-refractivity contribution is -0.243. The van der Waals surface area contributed by atoms with Gasteiger partial charge in [0.05, 0.1) is 0 Å². The van der Waals surface area contributed by atoms with Gasteiger partial charge in [0.2, 0.25) is 0 Å². The summed E-state index contributed by atoms with van der Waals surface area (Å²) in [5, 5.41) is 0. The molecule has 47 heavy (non-hydrogen) atoms. The van der Waals surface area contributed by atoms with Crippen molar-refractivity contribution in [3.05, 3.63) is 0 Å². The number of hydrogen-bond acceptors (Lipinski definition) is 19. The molecule has 0 aromatic carbocycles. The Morgan fingerprint density at radius 2 is 0.660 bits per heavy atom. The van der Waals surface area contributed by atoms with Gasteiger partial charge in [0.1, 0.15) is 36.3 Å². The van der Waals surface area contributed by atoms with Gasteiger partial charge in [-0.15, -0.1) is 0 Å². The summed E-state index contributed by atoms with van der Waals surface area (Å²) >= 11 is 0.678. The average Bonchev–Trinajstić information content (AvgIpc) is 2.91. The average molecular weight is 695 g/mol. The van der Waals surface area contributed by atoms with E-state index in [0.717, 1.165) is 55.4 Å². The number of thioether (sulfide) groups is 1. The van der Waals surface area contributed by atoms with Crippen molar-refractivity contribution in [3.8, 4) is 0 Å².